The van der Waals surface area contributed by atoms with Crippen molar-refractivity contribution in [2.24, 2.45) is 5.92 Å². The second kappa shape index (κ2) is 9.60. The Labute approximate surface area is 225 Å². The summed E-state index contributed by atoms with van der Waals surface area (Å²) in [6, 6.07) is 12.7. The summed E-state index contributed by atoms with van der Waals surface area (Å²) in [6.45, 7) is 7.70. The van der Waals surface area contributed by atoms with Crippen LogP contribution in [0.2, 0.25) is 0 Å². The van der Waals surface area contributed by atoms with Crippen molar-refractivity contribution in [3.63, 3.8) is 0 Å². The van der Waals surface area contributed by atoms with Gasteiger partial charge in [-0.3, -0.25) is 4.90 Å². The number of fused-ring (bicyclic) bond motifs is 4. The summed E-state index contributed by atoms with van der Waals surface area (Å²) in [4.78, 5) is 14.6. The van der Waals surface area contributed by atoms with Gasteiger partial charge in [0.2, 0.25) is 0 Å². The van der Waals surface area contributed by atoms with Gasteiger partial charge in [0.15, 0.2) is 0 Å². The maximum absolute atomic E-state index is 11.9. The van der Waals surface area contributed by atoms with Gasteiger partial charge in [0, 0.05) is 54.2 Å². The van der Waals surface area contributed by atoms with Crippen LogP contribution in [0.1, 0.15) is 85.7 Å². The standard InChI is InChI=1S/C33H39N3O2/c1-22-8-6-15-34(19-22)20-25-21-35-16-7-17-36-29-18-24(33(37)38)13-14-27(29)30(23-9-3-2-4-10-23)32(36)28-12-5-11-26(25)31(28)35/h5,11-14,18,21-23H,2-4,6-10,15-17,19-20H2,1H3,(H,37,38). The van der Waals surface area contributed by atoms with E-state index in [2.05, 4.69) is 51.4 Å². The van der Waals surface area contributed by atoms with Crippen LogP contribution in [-0.2, 0) is 19.6 Å². The molecule has 198 valence electrons. The molecule has 0 spiro atoms. The fourth-order valence-electron chi connectivity index (χ4n) is 7.83. The van der Waals surface area contributed by atoms with E-state index in [4.69, 9.17) is 0 Å². The maximum Gasteiger partial charge on any atom is 0.335 e. The number of rotatable bonds is 4. The molecule has 2 fully saturated rings. The Balaban J connectivity index is 1.45. The largest absolute Gasteiger partial charge is 0.478 e. The zero-order valence-electron chi connectivity index (χ0n) is 22.6. The third-order valence-electron chi connectivity index (χ3n) is 9.52. The first kappa shape index (κ1) is 24.0. The van der Waals surface area contributed by atoms with Crippen LogP contribution in [0.3, 0.4) is 0 Å². The lowest BCUT2D eigenvalue weighted by Crippen LogP contribution is -2.33. The Hall–Kier alpha value is -3.05. The van der Waals surface area contributed by atoms with E-state index in [1.807, 2.05) is 12.1 Å². The van der Waals surface area contributed by atoms with Gasteiger partial charge in [-0.25, -0.2) is 4.79 Å². The fraction of sp³-hybridized carbons (Fsp3) is 0.485. The van der Waals surface area contributed by atoms with Gasteiger partial charge in [-0.05, 0) is 73.7 Å². The predicted octanol–water partition coefficient (Wildman–Crippen LogP) is 7.64. The lowest BCUT2D eigenvalue weighted by molar-refractivity contribution is 0.0697. The van der Waals surface area contributed by atoms with Crippen LogP contribution in [0.25, 0.3) is 33.1 Å². The van der Waals surface area contributed by atoms with Gasteiger partial charge in [0.25, 0.3) is 0 Å². The molecule has 1 N–H and O–H groups in total. The third-order valence-corrected chi connectivity index (χ3v) is 9.52. The monoisotopic (exact) mass is 509 g/mol. The number of aromatic carboxylic acids is 1. The Morgan fingerprint density at radius 2 is 1.82 bits per heavy atom. The number of para-hydroxylation sites is 1. The van der Waals surface area contributed by atoms with E-state index in [9.17, 15) is 9.90 Å². The summed E-state index contributed by atoms with van der Waals surface area (Å²) >= 11 is 0. The van der Waals surface area contributed by atoms with Crippen LogP contribution >= 0.6 is 0 Å². The fourth-order valence-corrected chi connectivity index (χ4v) is 7.83. The van der Waals surface area contributed by atoms with Crippen LogP contribution in [0.4, 0.5) is 0 Å². The summed E-state index contributed by atoms with van der Waals surface area (Å²) < 4.78 is 5.00. The number of carboxylic acid groups (broad SMARTS) is 1. The SMILES string of the molecule is CC1CCCN(Cc2cn3c4c(cccc24)-c2c(C4CCCCC4)c4ccc(C(=O)O)cc4n2CCC3)C1. The number of aryl methyl sites for hydroxylation is 2. The Morgan fingerprint density at radius 3 is 2.63 bits per heavy atom. The normalized spacial score (nSPS) is 20.9. The van der Waals surface area contributed by atoms with Crippen LogP contribution in [0, 0.1) is 5.92 Å². The molecule has 1 saturated carbocycles. The maximum atomic E-state index is 11.9. The van der Waals surface area contributed by atoms with Crippen LogP contribution in [0.15, 0.2) is 42.6 Å². The average Bonchev–Trinajstić information content (AvgIpc) is 3.43. The zero-order chi connectivity index (χ0) is 25.8. The molecule has 4 aromatic rings. The minimum atomic E-state index is -0.847. The lowest BCUT2D eigenvalue weighted by atomic mass is 9.81. The van der Waals surface area contributed by atoms with Crippen molar-refractivity contribution >= 4 is 27.8 Å². The highest BCUT2D eigenvalue weighted by Crippen LogP contribution is 2.47. The van der Waals surface area contributed by atoms with E-state index in [0.717, 1.165) is 37.5 Å². The summed E-state index contributed by atoms with van der Waals surface area (Å²) in [7, 11) is 0. The molecule has 2 aliphatic heterocycles. The molecule has 1 atom stereocenters. The summed E-state index contributed by atoms with van der Waals surface area (Å²) in [5.41, 5.74) is 8.44. The van der Waals surface area contributed by atoms with Gasteiger partial charge in [-0.15, -0.1) is 0 Å². The molecular weight excluding hydrogens is 470 g/mol. The van der Waals surface area contributed by atoms with Crippen molar-refractivity contribution in [2.75, 3.05) is 13.1 Å². The summed E-state index contributed by atoms with van der Waals surface area (Å²) in [5, 5.41) is 12.4. The number of hydrogen-bond acceptors (Lipinski definition) is 2. The second-order valence-electron chi connectivity index (χ2n) is 12.2. The predicted molar refractivity (Wildman–Crippen MR) is 154 cm³/mol. The molecule has 1 saturated heterocycles. The van der Waals surface area contributed by atoms with Crippen molar-refractivity contribution in [3.05, 3.63) is 59.3 Å². The number of carbonyl (C=O) groups is 1. The average molecular weight is 510 g/mol. The number of piperidine rings is 1. The quantitative estimate of drug-likeness (QED) is 0.307. The van der Waals surface area contributed by atoms with Crippen LogP contribution in [-0.4, -0.2) is 38.2 Å². The highest BCUT2D eigenvalue weighted by Gasteiger charge is 2.30. The first-order valence-electron chi connectivity index (χ1n) is 14.8. The second-order valence-corrected chi connectivity index (χ2v) is 12.2. The molecule has 4 heterocycles. The number of carboxylic acids is 1. The number of aromatic nitrogens is 2. The molecule has 7 rings (SSSR count). The summed E-state index contributed by atoms with van der Waals surface area (Å²) in [6.07, 6.45) is 12.5. The minimum Gasteiger partial charge on any atom is -0.478 e. The van der Waals surface area contributed by atoms with Crippen molar-refractivity contribution in [2.45, 2.75) is 83.8 Å². The van der Waals surface area contributed by atoms with Gasteiger partial charge in [0.1, 0.15) is 0 Å². The van der Waals surface area contributed by atoms with Crippen molar-refractivity contribution in [1.29, 1.82) is 0 Å². The highest BCUT2D eigenvalue weighted by atomic mass is 16.4. The first-order valence-corrected chi connectivity index (χ1v) is 14.8. The number of nitrogens with zero attached hydrogens (tertiary/aromatic N) is 3. The first-order chi connectivity index (χ1) is 18.6. The van der Waals surface area contributed by atoms with E-state index in [1.54, 1.807) is 0 Å². The van der Waals surface area contributed by atoms with Gasteiger partial charge in [0.05, 0.1) is 16.8 Å². The highest BCUT2D eigenvalue weighted by molar-refractivity contribution is 6.03. The topological polar surface area (TPSA) is 50.4 Å². The zero-order valence-corrected chi connectivity index (χ0v) is 22.6. The molecule has 3 aliphatic rings. The minimum absolute atomic E-state index is 0.384. The summed E-state index contributed by atoms with van der Waals surface area (Å²) in [5.74, 6) is 0.463. The molecule has 5 heteroatoms. The van der Waals surface area contributed by atoms with Crippen molar-refractivity contribution in [3.8, 4) is 11.3 Å². The molecule has 0 amide bonds. The van der Waals surface area contributed by atoms with Gasteiger partial charge in [-0.2, -0.15) is 0 Å². The molecule has 38 heavy (non-hydrogen) atoms. The molecule has 1 aliphatic carbocycles. The molecule has 5 nitrogen and oxygen atoms in total. The van der Waals surface area contributed by atoms with E-state index >= 15 is 0 Å². The van der Waals surface area contributed by atoms with E-state index < -0.39 is 5.97 Å². The molecular formula is C33H39N3O2. The number of benzene rings is 2. The van der Waals surface area contributed by atoms with Crippen molar-refractivity contribution < 1.29 is 9.90 Å². The van der Waals surface area contributed by atoms with Gasteiger partial charge in [-0.1, -0.05) is 50.5 Å². The van der Waals surface area contributed by atoms with E-state index in [1.165, 1.54) is 96.7 Å². The third kappa shape index (κ3) is 3.98. The molecule has 2 aromatic carbocycles. The van der Waals surface area contributed by atoms with E-state index in [-0.39, 0.29) is 0 Å². The molecule has 0 radical (unpaired) electrons. The molecule has 2 aromatic heterocycles. The Morgan fingerprint density at radius 1 is 0.947 bits per heavy atom. The van der Waals surface area contributed by atoms with Crippen LogP contribution < -0.4 is 0 Å². The van der Waals surface area contributed by atoms with E-state index in [0.29, 0.717) is 11.5 Å². The lowest BCUT2D eigenvalue weighted by Gasteiger charge is -2.30. The van der Waals surface area contributed by atoms with Crippen molar-refractivity contribution in [1.82, 2.24) is 14.0 Å². The number of hydrogen-bond donors (Lipinski definition) is 1. The Bertz CT molecular complexity index is 1520. The Kier molecular flexibility index (Phi) is 6.07. The molecule has 0 bridgehead atoms. The number of likely N-dealkylation sites (tertiary alicyclic amines) is 1. The van der Waals surface area contributed by atoms with Crippen LogP contribution in [0.5, 0.6) is 0 Å². The van der Waals surface area contributed by atoms with Gasteiger partial charge >= 0.3 is 5.97 Å². The van der Waals surface area contributed by atoms with Gasteiger partial charge < -0.3 is 14.2 Å². The molecule has 1 unspecified atom stereocenters. The smallest absolute Gasteiger partial charge is 0.335 e.